The van der Waals surface area contributed by atoms with Gasteiger partial charge in [0.05, 0.1) is 18.7 Å². The fourth-order valence-corrected chi connectivity index (χ4v) is 2.08. The van der Waals surface area contributed by atoms with Crippen molar-refractivity contribution in [3.05, 3.63) is 64.4 Å². The molecule has 1 N–H and O–H groups in total. The minimum Gasteiger partial charge on any atom is -0.497 e. The van der Waals surface area contributed by atoms with Crippen LogP contribution in [0, 0.1) is 5.82 Å². The molecule has 0 aliphatic rings. The fraction of sp³-hybridized carbons (Fsp3) is 0.188. The van der Waals surface area contributed by atoms with Crippen LogP contribution in [-0.4, -0.2) is 13.0 Å². The highest BCUT2D eigenvalue weighted by Gasteiger charge is 2.15. The largest absolute Gasteiger partial charge is 0.497 e. The molecule has 1 amide bonds. The molecule has 2 aromatic carbocycles. The standard InChI is InChI=1S/C16H15ClFNO2/c1-10(11-3-6-13(21-2)7-4-11)19-16(20)14-8-5-12(17)9-15(14)18/h3-10H,1-2H3,(H,19,20). The Balaban J connectivity index is 2.10. The molecule has 3 nitrogen and oxygen atoms in total. The van der Waals surface area contributed by atoms with Crippen molar-refractivity contribution >= 4 is 17.5 Å². The highest BCUT2D eigenvalue weighted by Crippen LogP contribution is 2.19. The lowest BCUT2D eigenvalue weighted by Crippen LogP contribution is -2.27. The minimum absolute atomic E-state index is 0.0280. The zero-order chi connectivity index (χ0) is 15.4. The number of benzene rings is 2. The Bertz CT molecular complexity index is 643. The smallest absolute Gasteiger partial charge is 0.254 e. The second-order valence-electron chi connectivity index (χ2n) is 4.59. The molecule has 0 radical (unpaired) electrons. The van der Waals surface area contributed by atoms with E-state index in [1.54, 1.807) is 19.2 Å². The van der Waals surface area contributed by atoms with E-state index < -0.39 is 11.7 Å². The van der Waals surface area contributed by atoms with Crippen molar-refractivity contribution in [1.29, 1.82) is 0 Å². The molecule has 0 saturated heterocycles. The van der Waals surface area contributed by atoms with Gasteiger partial charge in [0.1, 0.15) is 11.6 Å². The van der Waals surface area contributed by atoms with Gasteiger partial charge in [0.2, 0.25) is 0 Å². The third kappa shape index (κ3) is 3.73. The van der Waals surface area contributed by atoms with Crippen molar-refractivity contribution in [2.75, 3.05) is 7.11 Å². The van der Waals surface area contributed by atoms with Crippen LogP contribution in [0.4, 0.5) is 4.39 Å². The van der Waals surface area contributed by atoms with Crippen molar-refractivity contribution in [2.24, 2.45) is 0 Å². The van der Waals surface area contributed by atoms with Gasteiger partial charge in [0, 0.05) is 5.02 Å². The molecular formula is C16H15ClFNO2. The molecular weight excluding hydrogens is 293 g/mol. The Hall–Kier alpha value is -2.07. The first-order valence-electron chi connectivity index (χ1n) is 6.41. The number of ether oxygens (including phenoxy) is 1. The molecule has 0 saturated carbocycles. The summed E-state index contributed by atoms with van der Waals surface area (Å²) in [4.78, 5) is 12.1. The first-order valence-corrected chi connectivity index (χ1v) is 6.79. The summed E-state index contributed by atoms with van der Waals surface area (Å²) in [5.41, 5.74) is 0.873. The highest BCUT2D eigenvalue weighted by molar-refractivity contribution is 6.30. The third-order valence-corrected chi connectivity index (χ3v) is 3.37. The summed E-state index contributed by atoms with van der Waals surface area (Å²) in [5, 5.41) is 3.00. The van der Waals surface area contributed by atoms with E-state index in [0.29, 0.717) is 0 Å². The lowest BCUT2D eigenvalue weighted by atomic mass is 10.1. The van der Waals surface area contributed by atoms with Gasteiger partial charge >= 0.3 is 0 Å². The first kappa shape index (κ1) is 15.3. The van der Waals surface area contributed by atoms with Crippen molar-refractivity contribution in [1.82, 2.24) is 5.32 Å². The molecule has 0 fully saturated rings. The zero-order valence-electron chi connectivity index (χ0n) is 11.7. The van der Waals surface area contributed by atoms with E-state index in [1.807, 2.05) is 19.1 Å². The van der Waals surface area contributed by atoms with E-state index in [9.17, 15) is 9.18 Å². The molecule has 0 aromatic heterocycles. The van der Waals surface area contributed by atoms with Crippen molar-refractivity contribution in [3.8, 4) is 5.75 Å². The van der Waals surface area contributed by atoms with Crippen molar-refractivity contribution in [3.63, 3.8) is 0 Å². The van der Waals surface area contributed by atoms with Gasteiger partial charge < -0.3 is 10.1 Å². The van der Waals surface area contributed by atoms with E-state index >= 15 is 0 Å². The number of methoxy groups -OCH3 is 1. The lowest BCUT2D eigenvalue weighted by molar-refractivity contribution is 0.0936. The number of hydrogen-bond acceptors (Lipinski definition) is 2. The molecule has 0 spiro atoms. The van der Waals surface area contributed by atoms with Crippen LogP contribution in [0.1, 0.15) is 28.9 Å². The molecule has 1 atom stereocenters. The summed E-state index contributed by atoms with van der Waals surface area (Å²) in [5.74, 6) is -0.379. The maximum Gasteiger partial charge on any atom is 0.254 e. The van der Waals surface area contributed by atoms with Crippen molar-refractivity contribution < 1.29 is 13.9 Å². The summed E-state index contributed by atoms with van der Waals surface area (Å²) in [6, 6.07) is 11.0. The predicted molar refractivity (Wildman–Crippen MR) is 80.3 cm³/mol. The second kappa shape index (κ2) is 6.59. The van der Waals surface area contributed by atoms with E-state index in [1.165, 1.54) is 12.1 Å². The first-order chi connectivity index (χ1) is 10.0. The van der Waals surface area contributed by atoms with Gasteiger partial charge in [-0.3, -0.25) is 4.79 Å². The highest BCUT2D eigenvalue weighted by atomic mass is 35.5. The monoisotopic (exact) mass is 307 g/mol. The number of nitrogens with one attached hydrogen (secondary N) is 1. The normalized spacial score (nSPS) is 11.8. The summed E-state index contributed by atoms with van der Waals surface area (Å²) < 4.78 is 18.8. The summed E-state index contributed by atoms with van der Waals surface area (Å²) in [6.07, 6.45) is 0. The van der Waals surface area contributed by atoms with Gasteiger partial charge in [-0.05, 0) is 42.8 Å². The number of halogens is 2. The average Bonchev–Trinajstić information content (AvgIpc) is 2.47. The number of rotatable bonds is 4. The lowest BCUT2D eigenvalue weighted by Gasteiger charge is -2.15. The molecule has 0 bridgehead atoms. The second-order valence-corrected chi connectivity index (χ2v) is 5.03. The van der Waals surface area contributed by atoms with Crippen LogP contribution in [0.25, 0.3) is 0 Å². The Kier molecular flexibility index (Phi) is 4.81. The molecule has 5 heteroatoms. The Labute approximate surface area is 127 Å². The van der Waals surface area contributed by atoms with Gasteiger partial charge in [-0.2, -0.15) is 0 Å². The number of carbonyl (C=O) groups is 1. The Morgan fingerprint density at radius 1 is 1.24 bits per heavy atom. The van der Waals surface area contributed by atoms with E-state index in [0.717, 1.165) is 17.4 Å². The summed E-state index contributed by atoms with van der Waals surface area (Å²) >= 11 is 5.67. The third-order valence-electron chi connectivity index (χ3n) is 3.14. The molecule has 1 unspecified atom stereocenters. The zero-order valence-corrected chi connectivity index (χ0v) is 12.4. The number of amides is 1. The van der Waals surface area contributed by atoms with Crippen LogP contribution < -0.4 is 10.1 Å². The Morgan fingerprint density at radius 2 is 1.90 bits per heavy atom. The van der Waals surface area contributed by atoms with Gasteiger partial charge in [0.25, 0.3) is 5.91 Å². The number of hydrogen-bond donors (Lipinski definition) is 1. The molecule has 2 rings (SSSR count). The molecule has 0 heterocycles. The van der Waals surface area contributed by atoms with Crippen molar-refractivity contribution in [2.45, 2.75) is 13.0 Å². The van der Waals surface area contributed by atoms with E-state index in [2.05, 4.69) is 5.32 Å². The molecule has 21 heavy (non-hydrogen) atoms. The minimum atomic E-state index is -0.637. The van der Waals surface area contributed by atoms with Crippen LogP contribution in [0.3, 0.4) is 0 Å². The van der Waals surface area contributed by atoms with Gasteiger partial charge in [0.15, 0.2) is 0 Å². The van der Waals surface area contributed by atoms with Crippen LogP contribution in [0.5, 0.6) is 5.75 Å². The van der Waals surface area contributed by atoms with Gasteiger partial charge in [-0.1, -0.05) is 23.7 Å². The summed E-state index contributed by atoms with van der Waals surface area (Å²) in [7, 11) is 1.59. The van der Waals surface area contributed by atoms with Gasteiger partial charge in [-0.25, -0.2) is 4.39 Å². The number of carbonyl (C=O) groups excluding carboxylic acids is 1. The molecule has 0 aliphatic heterocycles. The topological polar surface area (TPSA) is 38.3 Å². The quantitative estimate of drug-likeness (QED) is 0.928. The van der Waals surface area contributed by atoms with Crippen LogP contribution in [0.2, 0.25) is 5.02 Å². The summed E-state index contributed by atoms with van der Waals surface area (Å²) in [6.45, 7) is 1.83. The van der Waals surface area contributed by atoms with E-state index in [-0.39, 0.29) is 16.6 Å². The van der Waals surface area contributed by atoms with Crippen LogP contribution in [0.15, 0.2) is 42.5 Å². The molecule has 0 aliphatic carbocycles. The SMILES string of the molecule is COc1ccc(C(C)NC(=O)c2ccc(Cl)cc2F)cc1. The predicted octanol–water partition coefficient (Wildman–Crippen LogP) is 3.98. The van der Waals surface area contributed by atoms with Crippen LogP contribution >= 0.6 is 11.6 Å². The van der Waals surface area contributed by atoms with Crippen LogP contribution in [-0.2, 0) is 0 Å². The molecule has 110 valence electrons. The van der Waals surface area contributed by atoms with Gasteiger partial charge in [-0.15, -0.1) is 0 Å². The fourth-order valence-electron chi connectivity index (χ4n) is 1.92. The average molecular weight is 308 g/mol. The Morgan fingerprint density at radius 3 is 2.48 bits per heavy atom. The maximum atomic E-state index is 13.7. The maximum absolute atomic E-state index is 13.7. The van der Waals surface area contributed by atoms with E-state index in [4.69, 9.17) is 16.3 Å². The molecule has 2 aromatic rings.